The van der Waals surface area contributed by atoms with E-state index >= 15 is 0 Å². The van der Waals surface area contributed by atoms with Crippen molar-refractivity contribution in [3.63, 3.8) is 0 Å². The number of carbonyl (C=O) groups excluding carboxylic acids is 1. The summed E-state index contributed by atoms with van der Waals surface area (Å²) in [6, 6.07) is 10.1. The largest absolute Gasteiger partial charge is 0.338 e. The highest BCUT2D eigenvalue weighted by Gasteiger charge is 2.42. The zero-order valence-electron chi connectivity index (χ0n) is 20.5. The number of likely N-dealkylation sites (tertiary alicyclic amines) is 2. The summed E-state index contributed by atoms with van der Waals surface area (Å²) in [4.78, 5) is 17.9. The summed E-state index contributed by atoms with van der Waals surface area (Å²) >= 11 is 0. The zero-order valence-corrected chi connectivity index (χ0v) is 20.5. The van der Waals surface area contributed by atoms with Crippen LogP contribution in [0.2, 0.25) is 0 Å². The predicted molar refractivity (Wildman–Crippen MR) is 131 cm³/mol. The molecule has 5 rings (SSSR count). The van der Waals surface area contributed by atoms with E-state index in [0.717, 1.165) is 56.1 Å². The number of rotatable bonds is 6. The van der Waals surface area contributed by atoms with Crippen molar-refractivity contribution >= 4 is 5.91 Å². The number of aryl methyl sites for hydroxylation is 2. The van der Waals surface area contributed by atoms with E-state index in [2.05, 4.69) is 20.2 Å². The van der Waals surface area contributed by atoms with Crippen LogP contribution in [-0.4, -0.2) is 68.4 Å². The molecule has 2 aliphatic heterocycles. The first-order valence-electron chi connectivity index (χ1n) is 12.2. The number of fused-ring (bicyclic) bond motifs is 1. The fourth-order valence-corrected chi connectivity index (χ4v) is 5.50. The summed E-state index contributed by atoms with van der Waals surface area (Å²) < 4.78 is 15.2. The van der Waals surface area contributed by atoms with Crippen LogP contribution in [-0.2, 0) is 0 Å². The van der Waals surface area contributed by atoms with Gasteiger partial charge in [-0.05, 0) is 75.4 Å². The fraction of sp³-hybridized carbons (Fsp3) is 0.462. The number of nitrogens with two attached hydrogens (primary N) is 1. The van der Waals surface area contributed by atoms with Gasteiger partial charge in [-0.1, -0.05) is 12.1 Å². The second kappa shape index (κ2) is 9.47. The van der Waals surface area contributed by atoms with E-state index in [4.69, 9.17) is 5.73 Å². The Morgan fingerprint density at radius 3 is 2.49 bits per heavy atom. The molecule has 0 aliphatic carbocycles. The van der Waals surface area contributed by atoms with Crippen LogP contribution in [0.4, 0.5) is 4.39 Å². The lowest BCUT2D eigenvalue weighted by molar-refractivity contribution is 0.0772. The lowest BCUT2D eigenvalue weighted by atomic mass is 10.0. The smallest absolute Gasteiger partial charge is 0.257 e. The average molecular weight is 478 g/mol. The van der Waals surface area contributed by atoms with E-state index in [1.807, 2.05) is 43.9 Å². The topological polar surface area (TPSA) is 93.2 Å². The molecule has 184 valence electrons. The quantitative estimate of drug-likeness (QED) is 0.587. The Kier molecular flexibility index (Phi) is 6.37. The Balaban J connectivity index is 1.19. The van der Waals surface area contributed by atoms with Gasteiger partial charge in [-0.25, -0.2) is 9.07 Å². The minimum Gasteiger partial charge on any atom is -0.338 e. The third-order valence-electron chi connectivity index (χ3n) is 7.39. The van der Waals surface area contributed by atoms with Crippen LogP contribution in [0.15, 0.2) is 36.4 Å². The monoisotopic (exact) mass is 477 g/mol. The SMILES string of the molecule is Cc1ccc(-n2nc(C)c(C(=O)N3CC4CN(CC[C@H](N)c5cccc(F)c5)CC4C3)c2C)nn1. The van der Waals surface area contributed by atoms with Crippen LogP contribution in [0.3, 0.4) is 0 Å². The third-order valence-corrected chi connectivity index (χ3v) is 7.39. The summed E-state index contributed by atoms with van der Waals surface area (Å²) in [5.41, 5.74) is 10.1. The first-order valence-corrected chi connectivity index (χ1v) is 12.2. The maximum Gasteiger partial charge on any atom is 0.257 e. The molecule has 0 radical (unpaired) electrons. The normalized spacial score (nSPS) is 20.9. The van der Waals surface area contributed by atoms with Gasteiger partial charge in [0, 0.05) is 32.2 Å². The van der Waals surface area contributed by atoms with E-state index in [-0.39, 0.29) is 17.8 Å². The van der Waals surface area contributed by atoms with Crippen molar-refractivity contribution in [3.05, 3.63) is 70.4 Å². The Labute approximate surface area is 204 Å². The predicted octanol–water partition coefficient (Wildman–Crippen LogP) is 2.82. The van der Waals surface area contributed by atoms with Gasteiger partial charge in [-0.15, -0.1) is 5.10 Å². The van der Waals surface area contributed by atoms with Crippen molar-refractivity contribution in [1.29, 1.82) is 0 Å². The van der Waals surface area contributed by atoms with Crippen molar-refractivity contribution in [1.82, 2.24) is 29.8 Å². The second-order valence-electron chi connectivity index (χ2n) is 9.93. The molecular weight excluding hydrogens is 445 g/mol. The van der Waals surface area contributed by atoms with E-state index in [0.29, 0.717) is 28.9 Å². The van der Waals surface area contributed by atoms with Crippen LogP contribution in [0.5, 0.6) is 0 Å². The molecule has 8 nitrogen and oxygen atoms in total. The number of carbonyl (C=O) groups is 1. The van der Waals surface area contributed by atoms with E-state index in [1.165, 1.54) is 12.1 Å². The van der Waals surface area contributed by atoms with Crippen molar-refractivity contribution in [2.45, 2.75) is 33.2 Å². The minimum absolute atomic E-state index is 0.0420. The number of hydrogen-bond donors (Lipinski definition) is 1. The Bertz CT molecular complexity index is 1210. The fourth-order valence-electron chi connectivity index (χ4n) is 5.50. The number of halogens is 1. The molecule has 3 atom stereocenters. The molecular formula is C26H32FN7O. The molecule has 4 heterocycles. The standard InChI is InChI=1S/C26H32FN7O/c1-16-7-8-24(30-29-16)34-18(3)25(17(2)31-34)26(35)33-14-20-12-32(13-21(20)15-33)10-9-23(28)19-5-4-6-22(27)11-19/h4-8,11,20-21,23H,9-10,12-15,28H2,1-3H3/t20?,21?,23-/m0/s1. The van der Waals surface area contributed by atoms with Gasteiger partial charge in [-0.3, -0.25) is 4.79 Å². The Morgan fingerprint density at radius 2 is 1.83 bits per heavy atom. The van der Waals surface area contributed by atoms with Crippen LogP contribution in [0.25, 0.3) is 5.82 Å². The summed E-state index contributed by atoms with van der Waals surface area (Å²) in [7, 11) is 0. The molecule has 1 amide bonds. The number of benzene rings is 1. The molecule has 3 aromatic rings. The van der Waals surface area contributed by atoms with Gasteiger partial charge in [0.25, 0.3) is 5.91 Å². The molecule has 1 aromatic carbocycles. The van der Waals surface area contributed by atoms with Gasteiger partial charge in [0.15, 0.2) is 5.82 Å². The molecule has 0 spiro atoms. The molecule has 2 aliphatic rings. The Hall–Kier alpha value is -3.17. The number of aromatic nitrogens is 4. The van der Waals surface area contributed by atoms with Gasteiger partial charge in [0.1, 0.15) is 5.82 Å². The van der Waals surface area contributed by atoms with Crippen LogP contribution in [0, 0.1) is 38.4 Å². The number of nitrogens with zero attached hydrogens (tertiary/aromatic N) is 6. The summed E-state index contributed by atoms with van der Waals surface area (Å²) in [5.74, 6) is 1.33. The molecule has 0 saturated carbocycles. The molecule has 2 aromatic heterocycles. The molecule has 2 fully saturated rings. The summed E-state index contributed by atoms with van der Waals surface area (Å²) in [6.07, 6.45) is 0.783. The van der Waals surface area contributed by atoms with Crippen molar-refractivity contribution in [2.75, 3.05) is 32.7 Å². The maximum absolute atomic E-state index is 13.5. The molecule has 2 N–H and O–H groups in total. The molecule has 9 heteroatoms. The van der Waals surface area contributed by atoms with Crippen molar-refractivity contribution in [2.24, 2.45) is 17.6 Å². The second-order valence-corrected chi connectivity index (χ2v) is 9.93. The van der Waals surface area contributed by atoms with Crippen molar-refractivity contribution < 1.29 is 9.18 Å². The van der Waals surface area contributed by atoms with E-state index in [9.17, 15) is 9.18 Å². The molecule has 35 heavy (non-hydrogen) atoms. The van der Waals surface area contributed by atoms with Gasteiger partial charge < -0.3 is 15.5 Å². The first-order chi connectivity index (χ1) is 16.8. The molecule has 0 bridgehead atoms. The lowest BCUT2D eigenvalue weighted by Gasteiger charge is -2.23. The van der Waals surface area contributed by atoms with E-state index in [1.54, 1.807) is 10.7 Å². The highest BCUT2D eigenvalue weighted by molar-refractivity contribution is 5.96. The third kappa shape index (κ3) is 4.70. The number of amides is 1. The van der Waals surface area contributed by atoms with Crippen LogP contribution in [0.1, 0.15) is 45.5 Å². The summed E-state index contributed by atoms with van der Waals surface area (Å²) in [6.45, 7) is 9.97. The van der Waals surface area contributed by atoms with Crippen molar-refractivity contribution in [3.8, 4) is 5.82 Å². The average Bonchev–Trinajstić information content (AvgIpc) is 3.49. The highest BCUT2D eigenvalue weighted by Crippen LogP contribution is 2.33. The van der Waals surface area contributed by atoms with Crippen LogP contribution < -0.4 is 5.73 Å². The molecule has 2 unspecified atom stereocenters. The minimum atomic E-state index is -0.249. The van der Waals surface area contributed by atoms with E-state index < -0.39 is 0 Å². The van der Waals surface area contributed by atoms with Crippen LogP contribution >= 0.6 is 0 Å². The van der Waals surface area contributed by atoms with Gasteiger partial charge in [0.2, 0.25) is 0 Å². The maximum atomic E-state index is 13.5. The van der Waals surface area contributed by atoms with Gasteiger partial charge >= 0.3 is 0 Å². The first kappa shape index (κ1) is 23.6. The highest BCUT2D eigenvalue weighted by atomic mass is 19.1. The Morgan fingerprint density at radius 1 is 1.09 bits per heavy atom. The molecule has 2 saturated heterocycles. The van der Waals surface area contributed by atoms with Gasteiger partial charge in [-0.2, -0.15) is 10.2 Å². The number of hydrogen-bond acceptors (Lipinski definition) is 6. The lowest BCUT2D eigenvalue weighted by Crippen LogP contribution is -2.34. The zero-order chi connectivity index (χ0) is 24.7. The summed E-state index contributed by atoms with van der Waals surface area (Å²) in [5, 5.41) is 12.9. The van der Waals surface area contributed by atoms with Gasteiger partial charge in [0.05, 0.1) is 22.6 Å².